The number of hydrogen-bond donors (Lipinski definition) is 1. The number of ether oxygens (including phenoxy) is 2. The van der Waals surface area contributed by atoms with Crippen LogP contribution in [0.3, 0.4) is 0 Å². The number of amides is 1. The minimum Gasteiger partial charge on any atom is -0.493 e. The Kier molecular flexibility index (Phi) is 5.94. The molecule has 0 heterocycles. The minimum absolute atomic E-state index is 0.112. The first-order valence-corrected chi connectivity index (χ1v) is 8.56. The van der Waals surface area contributed by atoms with Crippen LogP contribution in [0.2, 0.25) is 5.02 Å². The number of carbonyl (C=O) groups excluding carboxylic acids is 1. The van der Waals surface area contributed by atoms with Crippen LogP contribution in [0.15, 0.2) is 66.7 Å². The lowest BCUT2D eigenvalue weighted by Gasteiger charge is -2.13. The zero-order valence-corrected chi connectivity index (χ0v) is 15.3. The summed E-state index contributed by atoms with van der Waals surface area (Å²) in [5, 5.41) is 3.14. The number of carbonyl (C=O) groups is 1. The lowest BCUT2D eigenvalue weighted by molar-refractivity contribution is 0.102. The molecular formula is C21H17ClFNO3. The van der Waals surface area contributed by atoms with Crippen molar-refractivity contribution in [1.29, 1.82) is 0 Å². The van der Waals surface area contributed by atoms with Gasteiger partial charge >= 0.3 is 0 Å². The molecule has 3 rings (SSSR count). The van der Waals surface area contributed by atoms with Crippen molar-refractivity contribution in [2.45, 2.75) is 6.61 Å². The van der Waals surface area contributed by atoms with Gasteiger partial charge in [-0.05, 0) is 36.4 Å². The number of hydrogen-bond acceptors (Lipinski definition) is 3. The van der Waals surface area contributed by atoms with Crippen LogP contribution in [-0.2, 0) is 6.61 Å². The lowest BCUT2D eigenvalue weighted by Crippen LogP contribution is -2.13. The molecule has 0 spiro atoms. The van der Waals surface area contributed by atoms with Gasteiger partial charge in [0.05, 0.1) is 12.8 Å². The number of para-hydroxylation sites is 1. The molecule has 0 radical (unpaired) electrons. The highest BCUT2D eigenvalue weighted by molar-refractivity contribution is 6.31. The average Bonchev–Trinajstić information content (AvgIpc) is 2.69. The van der Waals surface area contributed by atoms with Crippen molar-refractivity contribution >= 4 is 23.2 Å². The highest BCUT2D eigenvalue weighted by Gasteiger charge is 2.13. The van der Waals surface area contributed by atoms with E-state index in [0.29, 0.717) is 22.1 Å². The van der Waals surface area contributed by atoms with Gasteiger partial charge in [0.15, 0.2) is 11.5 Å². The van der Waals surface area contributed by atoms with Gasteiger partial charge in [0.1, 0.15) is 12.4 Å². The van der Waals surface area contributed by atoms with Crippen molar-refractivity contribution in [1.82, 2.24) is 0 Å². The standard InChI is InChI=1S/C21H17ClFNO3/c1-26-20-12-14(21(25)24-18-9-5-4-8-17(18)23)10-11-19(20)27-13-15-6-2-3-7-16(15)22/h2-12H,13H2,1H3,(H,24,25). The summed E-state index contributed by atoms with van der Waals surface area (Å²) >= 11 is 6.13. The van der Waals surface area contributed by atoms with E-state index in [9.17, 15) is 9.18 Å². The highest BCUT2D eigenvalue weighted by Crippen LogP contribution is 2.30. The molecule has 6 heteroatoms. The van der Waals surface area contributed by atoms with Gasteiger partial charge in [-0.3, -0.25) is 4.79 Å². The minimum atomic E-state index is -0.502. The monoisotopic (exact) mass is 385 g/mol. The van der Waals surface area contributed by atoms with Gasteiger partial charge in [-0.25, -0.2) is 4.39 Å². The van der Waals surface area contributed by atoms with Crippen molar-refractivity contribution in [3.8, 4) is 11.5 Å². The first kappa shape index (κ1) is 18.7. The summed E-state index contributed by atoms with van der Waals surface area (Å²) in [7, 11) is 1.48. The molecule has 1 amide bonds. The fourth-order valence-corrected chi connectivity index (χ4v) is 2.65. The number of halogens is 2. The predicted octanol–water partition coefficient (Wildman–Crippen LogP) is 5.32. The molecule has 0 fully saturated rings. The van der Waals surface area contributed by atoms with E-state index in [-0.39, 0.29) is 12.3 Å². The fraction of sp³-hybridized carbons (Fsp3) is 0.0952. The van der Waals surface area contributed by atoms with Crippen LogP contribution in [0.1, 0.15) is 15.9 Å². The Morgan fingerprint density at radius 3 is 2.52 bits per heavy atom. The topological polar surface area (TPSA) is 47.6 Å². The quantitative estimate of drug-likeness (QED) is 0.624. The maximum Gasteiger partial charge on any atom is 0.255 e. The van der Waals surface area contributed by atoms with Gasteiger partial charge in [0, 0.05) is 16.1 Å². The summed E-state index contributed by atoms with van der Waals surface area (Å²) in [6, 6.07) is 18.1. The Morgan fingerprint density at radius 2 is 1.78 bits per heavy atom. The second kappa shape index (κ2) is 8.56. The van der Waals surface area contributed by atoms with Crippen molar-refractivity contribution in [3.05, 3.63) is 88.7 Å². The van der Waals surface area contributed by atoms with Gasteiger partial charge in [-0.15, -0.1) is 0 Å². The second-order valence-electron chi connectivity index (χ2n) is 5.68. The Labute approximate surface area is 161 Å². The average molecular weight is 386 g/mol. The number of benzene rings is 3. The summed E-state index contributed by atoms with van der Waals surface area (Å²) in [4.78, 5) is 12.4. The smallest absolute Gasteiger partial charge is 0.255 e. The van der Waals surface area contributed by atoms with Gasteiger partial charge in [-0.2, -0.15) is 0 Å². The fourth-order valence-electron chi connectivity index (χ4n) is 2.46. The van der Waals surface area contributed by atoms with Crippen LogP contribution in [-0.4, -0.2) is 13.0 Å². The molecule has 138 valence electrons. The van der Waals surface area contributed by atoms with Gasteiger partial charge in [0.2, 0.25) is 0 Å². The maximum atomic E-state index is 13.7. The number of nitrogens with one attached hydrogen (secondary N) is 1. The molecule has 0 aliphatic rings. The van der Waals surface area contributed by atoms with E-state index in [4.69, 9.17) is 21.1 Å². The summed E-state index contributed by atoms with van der Waals surface area (Å²) in [5.74, 6) is -0.0864. The summed E-state index contributed by atoms with van der Waals surface area (Å²) < 4.78 is 24.8. The van der Waals surface area contributed by atoms with Crippen LogP contribution in [0.5, 0.6) is 11.5 Å². The molecule has 3 aromatic carbocycles. The highest BCUT2D eigenvalue weighted by atomic mass is 35.5. The van der Waals surface area contributed by atoms with Crippen LogP contribution >= 0.6 is 11.6 Å². The molecule has 27 heavy (non-hydrogen) atoms. The molecule has 0 unspecified atom stereocenters. The Morgan fingerprint density at radius 1 is 1.04 bits per heavy atom. The normalized spacial score (nSPS) is 10.3. The van der Waals surface area contributed by atoms with Crippen molar-refractivity contribution in [3.63, 3.8) is 0 Å². The van der Waals surface area contributed by atoms with E-state index in [1.54, 1.807) is 30.3 Å². The molecule has 0 aromatic heterocycles. The molecule has 4 nitrogen and oxygen atoms in total. The first-order chi connectivity index (χ1) is 13.1. The zero-order valence-electron chi connectivity index (χ0n) is 14.5. The number of anilines is 1. The van der Waals surface area contributed by atoms with E-state index in [1.165, 1.54) is 25.3 Å². The first-order valence-electron chi connectivity index (χ1n) is 8.18. The van der Waals surface area contributed by atoms with E-state index in [1.807, 2.05) is 18.2 Å². The Hall–Kier alpha value is -3.05. The zero-order chi connectivity index (χ0) is 19.2. The molecule has 0 bridgehead atoms. The molecule has 0 saturated heterocycles. The van der Waals surface area contributed by atoms with E-state index < -0.39 is 11.7 Å². The molecule has 3 aromatic rings. The van der Waals surface area contributed by atoms with Crippen LogP contribution in [0, 0.1) is 5.82 Å². The van der Waals surface area contributed by atoms with E-state index >= 15 is 0 Å². The van der Waals surface area contributed by atoms with Crippen LogP contribution < -0.4 is 14.8 Å². The third-order valence-electron chi connectivity index (χ3n) is 3.89. The molecule has 0 saturated carbocycles. The maximum absolute atomic E-state index is 13.7. The lowest BCUT2D eigenvalue weighted by atomic mass is 10.1. The van der Waals surface area contributed by atoms with Crippen LogP contribution in [0.4, 0.5) is 10.1 Å². The van der Waals surface area contributed by atoms with E-state index in [0.717, 1.165) is 5.56 Å². The Balaban J connectivity index is 1.75. The van der Waals surface area contributed by atoms with Crippen molar-refractivity contribution < 1.29 is 18.7 Å². The van der Waals surface area contributed by atoms with Gasteiger partial charge in [-0.1, -0.05) is 41.9 Å². The number of methoxy groups -OCH3 is 1. The molecule has 0 atom stereocenters. The van der Waals surface area contributed by atoms with Crippen molar-refractivity contribution in [2.75, 3.05) is 12.4 Å². The summed E-state index contributed by atoms with van der Waals surface area (Å²) in [6.45, 7) is 0.261. The van der Waals surface area contributed by atoms with Crippen molar-refractivity contribution in [2.24, 2.45) is 0 Å². The molecule has 1 N–H and O–H groups in total. The Bertz CT molecular complexity index is 962. The largest absolute Gasteiger partial charge is 0.493 e. The molecule has 0 aliphatic heterocycles. The van der Waals surface area contributed by atoms with E-state index in [2.05, 4.69) is 5.32 Å². The number of rotatable bonds is 6. The second-order valence-corrected chi connectivity index (χ2v) is 6.09. The summed E-state index contributed by atoms with van der Waals surface area (Å²) in [6.07, 6.45) is 0. The van der Waals surface area contributed by atoms with Gasteiger partial charge < -0.3 is 14.8 Å². The predicted molar refractivity (Wildman–Crippen MR) is 103 cm³/mol. The van der Waals surface area contributed by atoms with Gasteiger partial charge in [0.25, 0.3) is 5.91 Å². The molecular weight excluding hydrogens is 369 g/mol. The third-order valence-corrected chi connectivity index (χ3v) is 4.26. The SMILES string of the molecule is COc1cc(C(=O)Nc2ccccc2F)ccc1OCc1ccccc1Cl. The summed E-state index contributed by atoms with van der Waals surface area (Å²) in [5.41, 5.74) is 1.27. The molecule has 0 aliphatic carbocycles. The third kappa shape index (κ3) is 4.57. The van der Waals surface area contributed by atoms with Crippen LogP contribution in [0.25, 0.3) is 0 Å².